The minimum Gasteiger partial charge on any atom is -0.505 e. The normalized spacial score (nSPS) is 17.4. The molecule has 0 saturated carbocycles. The Hall–Kier alpha value is -2.54. The first-order chi connectivity index (χ1) is 12.6. The molecule has 1 aromatic heterocycles. The van der Waals surface area contributed by atoms with Crippen LogP contribution in [0, 0.1) is 5.82 Å². The van der Waals surface area contributed by atoms with Crippen LogP contribution >= 0.6 is 11.6 Å². The molecule has 1 saturated heterocycles. The Balaban J connectivity index is 1.54. The Morgan fingerprint density at radius 3 is 3.04 bits per heavy atom. The highest BCUT2D eigenvalue weighted by molar-refractivity contribution is 6.32. The fourth-order valence-electron chi connectivity index (χ4n) is 2.91. The molecule has 138 valence electrons. The van der Waals surface area contributed by atoms with E-state index in [9.17, 15) is 9.50 Å². The van der Waals surface area contributed by atoms with E-state index in [4.69, 9.17) is 11.6 Å². The Morgan fingerprint density at radius 1 is 1.46 bits per heavy atom. The van der Waals surface area contributed by atoms with Crippen molar-refractivity contribution in [2.24, 2.45) is 4.99 Å². The van der Waals surface area contributed by atoms with Gasteiger partial charge < -0.3 is 20.6 Å². The number of benzene rings is 1. The van der Waals surface area contributed by atoms with Crippen molar-refractivity contribution in [1.29, 1.82) is 0 Å². The van der Waals surface area contributed by atoms with Crippen molar-refractivity contribution in [2.45, 2.75) is 19.0 Å². The van der Waals surface area contributed by atoms with Crippen molar-refractivity contribution in [3.63, 3.8) is 0 Å². The van der Waals surface area contributed by atoms with E-state index in [0.29, 0.717) is 17.5 Å². The zero-order chi connectivity index (χ0) is 18.5. The minimum absolute atomic E-state index is 0.204. The van der Waals surface area contributed by atoms with Gasteiger partial charge in [0, 0.05) is 38.9 Å². The molecular formula is C18H21ClFN5O. The highest BCUT2D eigenvalue weighted by Gasteiger charge is 2.25. The van der Waals surface area contributed by atoms with E-state index in [0.717, 1.165) is 30.9 Å². The number of hydrogen-bond acceptors (Lipinski definition) is 4. The highest BCUT2D eigenvalue weighted by Crippen LogP contribution is 2.25. The van der Waals surface area contributed by atoms with Crippen molar-refractivity contribution in [3.8, 4) is 5.75 Å². The van der Waals surface area contributed by atoms with Gasteiger partial charge in [-0.25, -0.2) is 9.37 Å². The molecule has 2 heterocycles. The first kappa shape index (κ1) is 18.3. The molecule has 1 aliphatic heterocycles. The van der Waals surface area contributed by atoms with Crippen molar-refractivity contribution in [2.75, 3.05) is 25.0 Å². The third-order valence-corrected chi connectivity index (χ3v) is 4.56. The second-order valence-electron chi connectivity index (χ2n) is 6.10. The molecule has 0 bridgehead atoms. The number of nitrogens with zero attached hydrogens (tertiary/aromatic N) is 3. The molecule has 26 heavy (non-hydrogen) atoms. The van der Waals surface area contributed by atoms with E-state index in [1.807, 2.05) is 12.1 Å². The van der Waals surface area contributed by atoms with Crippen LogP contribution in [0.4, 0.5) is 10.2 Å². The van der Waals surface area contributed by atoms with E-state index >= 15 is 0 Å². The van der Waals surface area contributed by atoms with Gasteiger partial charge in [0.05, 0.1) is 5.02 Å². The number of rotatable bonds is 4. The van der Waals surface area contributed by atoms with Crippen LogP contribution in [0.2, 0.25) is 5.02 Å². The quantitative estimate of drug-likeness (QED) is 0.564. The summed E-state index contributed by atoms with van der Waals surface area (Å²) in [6.45, 7) is 2.03. The number of guanidine groups is 1. The SMILES string of the molecule is CN=C(NCc1ccc(O)c(F)c1)NC1CCN(c2ncccc2Cl)C1. The Labute approximate surface area is 156 Å². The van der Waals surface area contributed by atoms with E-state index in [1.165, 1.54) is 12.1 Å². The Morgan fingerprint density at radius 2 is 2.31 bits per heavy atom. The molecule has 0 amide bonds. The van der Waals surface area contributed by atoms with Crippen LogP contribution in [0.5, 0.6) is 5.75 Å². The number of halogens is 2. The van der Waals surface area contributed by atoms with Crippen LogP contribution in [0.1, 0.15) is 12.0 Å². The smallest absolute Gasteiger partial charge is 0.191 e. The number of hydrogen-bond donors (Lipinski definition) is 3. The zero-order valence-corrected chi connectivity index (χ0v) is 15.2. The first-order valence-electron chi connectivity index (χ1n) is 8.37. The lowest BCUT2D eigenvalue weighted by molar-refractivity contribution is 0.431. The van der Waals surface area contributed by atoms with Crippen molar-refractivity contribution in [3.05, 3.63) is 52.9 Å². The van der Waals surface area contributed by atoms with E-state index in [-0.39, 0.29) is 11.8 Å². The van der Waals surface area contributed by atoms with Gasteiger partial charge in [-0.3, -0.25) is 4.99 Å². The molecule has 1 aliphatic rings. The van der Waals surface area contributed by atoms with Gasteiger partial charge in [-0.2, -0.15) is 0 Å². The molecule has 1 aromatic carbocycles. The Bertz CT molecular complexity index is 801. The molecule has 3 N–H and O–H groups in total. The van der Waals surface area contributed by atoms with Crippen LogP contribution < -0.4 is 15.5 Å². The third-order valence-electron chi connectivity index (χ3n) is 4.26. The van der Waals surface area contributed by atoms with E-state index < -0.39 is 5.82 Å². The maximum atomic E-state index is 13.4. The number of phenols is 1. The van der Waals surface area contributed by atoms with Crippen LogP contribution in [0.3, 0.4) is 0 Å². The average Bonchev–Trinajstić information content (AvgIpc) is 3.10. The fourth-order valence-corrected chi connectivity index (χ4v) is 3.16. The number of aromatic nitrogens is 1. The van der Waals surface area contributed by atoms with Crippen LogP contribution in [-0.4, -0.2) is 42.2 Å². The molecule has 8 heteroatoms. The van der Waals surface area contributed by atoms with Gasteiger partial charge in [0.1, 0.15) is 5.82 Å². The lowest BCUT2D eigenvalue weighted by Gasteiger charge is -2.20. The predicted molar refractivity (Wildman–Crippen MR) is 101 cm³/mol. The molecule has 0 spiro atoms. The topological polar surface area (TPSA) is 72.8 Å². The molecule has 3 rings (SSSR count). The predicted octanol–water partition coefficient (Wildman–Crippen LogP) is 2.52. The van der Waals surface area contributed by atoms with E-state index in [1.54, 1.807) is 19.3 Å². The zero-order valence-electron chi connectivity index (χ0n) is 14.4. The molecular weight excluding hydrogens is 357 g/mol. The Kier molecular flexibility index (Phi) is 5.78. The fraction of sp³-hybridized carbons (Fsp3) is 0.333. The summed E-state index contributed by atoms with van der Waals surface area (Å²) in [5.74, 6) is 0.444. The standard InChI is InChI=1S/C18H21ClFN5O/c1-21-18(23-10-12-4-5-16(26)15(20)9-12)24-13-6-8-25(11-13)17-14(19)3-2-7-22-17/h2-5,7,9,13,26H,6,8,10-11H2,1H3,(H2,21,23,24). The summed E-state index contributed by atoms with van der Waals surface area (Å²) in [6.07, 6.45) is 2.67. The van der Waals surface area contributed by atoms with Gasteiger partial charge in [-0.15, -0.1) is 0 Å². The second-order valence-corrected chi connectivity index (χ2v) is 6.50. The van der Waals surface area contributed by atoms with Gasteiger partial charge in [-0.05, 0) is 36.2 Å². The van der Waals surface area contributed by atoms with Crippen LogP contribution in [0.25, 0.3) is 0 Å². The molecule has 0 aliphatic carbocycles. The van der Waals surface area contributed by atoms with Gasteiger partial charge in [0.25, 0.3) is 0 Å². The monoisotopic (exact) mass is 377 g/mol. The molecule has 1 unspecified atom stereocenters. The largest absolute Gasteiger partial charge is 0.505 e. The van der Waals surface area contributed by atoms with Crippen molar-refractivity contribution in [1.82, 2.24) is 15.6 Å². The summed E-state index contributed by atoms with van der Waals surface area (Å²) in [7, 11) is 1.69. The molecule has 0 radical (unpaired) electrons. The number of aromatic hydroxyl groups is 1. The van der Waals surface area contributed by atoms with Crippen molar-refractivity contribution < 1.29 is 9.50 Å². The molecule has 6 nitrogen and oxygen atoms in total. The summed E-state index contributed by atoms with van der Waals surface area (Å²) in [5, 5.41) is 16.4. The van der Waals surface area contributed by atoms with Gasteiger partial charge in [-0.1, -0.05) is 17.7 Å². The first-order valence-corrected chi connectivity index (χ1v) is 8.74. The molecule has 2 aromatic rings. The maximum Gasteiger partial charge on any atom is 0.191 e. The number of pyridine rings is 1. The highest BCUT2D eigenvalue weighted by atomic mass is 35.5. The number of nitrogens with one attached hydrogen (secondary N) is 2. The van der Waals surface area contributed by atoms with Crippen LogP contribution in [0.15, 0.2) is 41.5 Å². The average molecular weight is 378 g/mol. The summed E-state index contributed by atoms with van der Waals surface area (Å²) in [5.41, 5.74) is 0.719. The van der Waals surface area contributed by atoms with E-state index in [2.05, 4.69) is 25.5 Å². The number of phenolic OH excluding ortho intramolecular Hbond substituents is 1. The lowest BCUT2D eigenvalue weighted by atomic mass is 10.2. The maximum absolute atomic E-state index is 13.4. The molecule has 1 fully saturated rings. The minimum atomic E-state index is -0.633. The number of anilines is 1. The van der Waals surface area contributed by atoms with Crippen molar-refractivity contribution >= 4 is 23.4 Å². The van der Waals surface area contributed by atoms with Crippen LogP contribution in [-0.2, 0) is 6.54 Å². The molecule has 1 atom stereocenters. The van der Waals surface area contributed by atoms with Gasteiger partial charge in [0.15, 0.2) is 17.5 Å². The number of aliphatic imine (C=N–C) groups is 1. The lowest BCUT2D eigenvalue weighted by Crippen LogP contribution is -2.44. The summed E-state index contributed by atoms with van der Waals surface area (Å²) in [4.78, 5) is 10.7. The summed E-state index contributed by atoms with van der Waals surface area (Å²) >= 11 is 6.22. The summed E-state index contributed by atoms with van der Waals surface area (Å²) < 4.78 is 13.4. The van der Waals surface area contributed by atoms with Gasteiger partial charge >= 0.3 is 0 Å². The van der Waals surface area contributed by atoms with Gasteiger partial charge in [0.2, 0.25) is 0 Å². The summed E-state index contributed by atoms with van der Waals surface area (Å²) in [6, 6.07) is 8.16. The second kappa shape index (κ2) is 8.23. The third kappa shape index (κ3) is 4.35.